The second-order valence-corrected chi connectivity index (χ2v) is 6.06. The number of nitrogens with zero attached hydrogens (tertiary/aromatic N) is 1. The zero-order valence-electron chi connectivity index (χ0n) is 13.5. The van der Waals surface area contributed by atoms with Gasteiger partial charge in [0.2, 0.25) is 0 Å². The van der Waals surface area contributed by atoms with Crippen LogP contribution in [-0.4, -0.2) is 19.1 Å². The predicted molar refractivity (Wildman–Crippen MR) is 95.2 cm³/mol. The largest absolute Gasteiger partial charge is 0.496 e. The summed E-state index contributed by atoms with van der Waals surface area (Å²) in [6.45, 7) is 0. The fraction of sp³-hybridized carbons (Fsp3) is 0.200. The van der Waals surface area contributed by atoms with Crippen molar-refractivity contribution in [3.8, 4) is 5.75 Å². The van der Waals surface area contributed by atoms with Gasteiger partial charge in [-0.25, -0.2) is 0 Å². The molecule has 0 spiro atoms. The molecule has 1 atom stereocenters. The Hall–Kier alpha value is -2.88. The molecular weight excluding hydrogens is 300 g/mol. The van der Waals surface area contributed by atoms with Crippen molar-refractivity contribution in [2.75, 3.05) is 12.4 Å². The highest BCUT2D eigenvalue weighted by atomic mass is 16.5. The van der Waals surface area contributed by atoms with Gasteiger partial charge in [0, 0.05) is 24.3 Å². The highest BCUT2D eigenvalue weighted by Crippen LogP contribution is 2.40. The van der Waals surface area contributed by atoms with E-state index in [1.807, 2.05) is 48.5 Å². The molecule has 0 unspecified atom stereocenters. The van der Waals surface area contributed by atoms with Gasteiger partial charge in [-0.1, -0.05) is 30.3 Å². The predicted octanol–water partition coefficient (Wildman–Crippen LogP) is 4.22. The number of benzene rings is 2. The lowest BCUT2D eigenvalue weighted by Gasteiger charge is -2.26. The third-order valence-electron chi connectivity index (χ3n) is 4.61. The number of aliphatic imine (C=N–C) groups is 1. The van der Waals surface area contributed by atoms with Crippen molar-refractivity contribution in [1.82, 2.24) is 0 Å². The van der Waals surface area contributed by atoms with Gasteiger partial charge in [-0.15, -0.1) is 0 Å². The van der Waals surface area contributed by atoms with Crippen LogP contribution in [-0.2, 0) is 4.79 Å². The normalized spacial score (nSPS) is 19.2. The van der Waals surface area contributed by atoms with Crippen LogP contribution in [0.5, 0.6) is 5.75 Å². The maximum atomic E-state index is 12.7. The monoisotopic (exact) mass is 318 g/mol. The number of nitrogens with one attached hydrogen (secondary N) is 1. The van der Waals surface area contributed by atoms with Crippen LogP contribution in [0, 0.1) is 0 Å². The number of hydrogen-bond donors (Lipinski definition) is 1. The number of carbonyl (C=O) groups is 1. The summed E-state index contributed by atoms with van der Waals surface area (Å²) in [7, 11) is 1.67. The van der Waals surface area contributed by atoms with Gasteiger partial charge >= 0.3 is 0 Å². The number of carbonyl (C=O) groups excluding carboxylic acids is 1. The first kappa shape index (κ1) is 14.7. The number of methoxy groups -OCH3 is 1. The molecule has 2 aliphatic rings. The maximum absolute atomic E-state index is 12.7. The standard InChI is InChI=1S/C20H18N2O2/c1-24-20-9-5-2-6-14(20)13-10-18-15(19(23)11-13)12-21-16-7-3-4-8-17(16)22-18/h2-9,12-13,22H,10-11H2,1H3/t13-/m0/s1. The molecule has 4 heteroatoms. The molecule has 4 rings (SSSR count). The van der Waals surface area contributed by atoms with E-state index in [1.165, 1.54) is 0 Å². The van der Waals surface area contributed by atoms with E-state index < -0.39 is 0 Å². The average molecular weight is 318 g/mol. The van der Waals surface area contributed by atoms with E-state index in [4.69, 9.17) is 4.74 Å². The summed E-state index contributed by atoms with van der Waals surface area (Å²) in [5, 5.41) is 3.42. The van der Waals surface area contributed by atoms with E-state index in [9.17, 15) is 4.79 Å². The average Bonchev–Trinajstić information content (AvgIpc) is 2.81. The van der Waals surface area contributed by atoms with E-state index >= 15 is 0 Å². The van der Waals surface area contributed by atoms with Crippen LogP contribution in [0.1, 0.15) is 24.3 Å². The van der Waals surface area contributed by atoms with E-state index in [-0.39, 0.29) is 11.7 Å². The molecule has 2 aromatic rings. The number of hydrogen-bond acceptors (Lipinski definition) is 4. The molecule has 0 saturated carbocycles. The first-order chi connectivity index (χ1) is 11.8. The van der Waals surface area contributed by atoms with Crippen LogP contribution in [0.15, 0.2) is 64.8 Å². The Morgan fingerprint density at radius 1 is 1.08 bits per heavy atom. The van der Waals surface area contributed by atoms with Gasteiger partial charge in [-0.3, -0.25) is 9.79 Å². The Balaban J connectivity index is 1.71. The molecule has 120 valence electrons. The van der Waals surface area contributed by atoms with Crippen molar-refractivity contribution in [3.63, 3.8) is 0 Å². The summed E-state index contributed by atoms with van der Waals surface area (Å²) in [6, 6.07) is 15.8. The van der Waals surface area contributed by atoms with Crippen LogP contribution >= 0.6 is 0 Å². The highest BCUT2D eigenvalue weighted by Gasteiger charge is 2.30. The van der Waals surface area contributed by atoms with Crippen LogP contribution in [0.3, 0.4) is 0 Å². The molecule has 0 fully saturated rings. The Labute approximate surface area is 140 Å². The number of allylic oxidation sites excluding steroid dienone is 2. The molecule has 0 bridgehead atoms. The van der Waals surface area contributed by atoms with E-state index in [2.05, 4.69) is 10.3 Å². The quantitative estimate of drug-likeness (QED) is 0.902. The number of Topliss-reactive ketones (excluding diaryl/α,β-unsaturated/α-hetero) is 1. The van der Waals surface area contributed by atoms with Crippen molar-refractivity contribution in [2.24, 2.45) is 4.99 Å². The Morgan fingerprint density at radius 3 is 2.75 bits per heavy atom. The molecule has 0 amide bonds. The van der Waals surface area contributed by atoms with E-state index in [1.54, 1.807) is 13.3 Å². The van der Waals surface area contributed by atoms with Crippen molar-refractivity contribution >= 4 is 23.4 Å². The van der Waals surface area contributed by atoms with Gasteiger partial charge < -0.3 is 10.1 Å². The SMILES string of the molecule is COc1ccccc1[C@@H]1CC(=O)C2=C(C1)Nc1ccccc1N=C2. The molecule has 0 aromatic heterocycles. The number of ketones is 1. The zero-order valence-corrected chi connectivity index (χ0v) is 13.5. The van der Waals surface area contributed by atoms with Gasteiger partial charge in [0.25, 0.3) is 0 Å². The minimum atomic E-state index is 0.110. The van der Waals surface area contributed by atoms with Crippen LogP contribution < -0.4 is 10.1 Å². The molecular formula is C20H18N2O2. The first-order valence-electron chi connectivity index (χ1n) is 8.05. The Kier molecular flexibility index (Phi) is 3.65. The van der Waals surface area contributed by atoms with Crippen molar-refractivity contribution in [1.29, 1.82) is 0 Å². The number of fused-ring (bicyclic) bond motifs is 1. The molecule has 2 aromatic carbocycles. The summed E-state index contributed by atoms with van der Waals surface area (Å²) in [5.74, 6) is 1.07. The molecule has 1 N–H and O–H groups in total. The van der Waals surface area contributed by atoms with Crippen molar-refractivity contribution < 1.29 is 9.53 Å². The maximum Gasteiger partial charge on any atom is 0.166 e. The molecule has 4 nitrogen and oxygen atoms in total. The summed E-state index contributed by atoms with van der Waals surface area (Å²) >= 11 is 0. The second-order valence-electron chi connectivity index (χ2n) is 6.06. The Bertz CT molecular complexity index is 867. The minimum Gasteiger partial charge on any atom is -0.496 e. The number of ether oxygens (including phenoxy) is 1. The summed E-state index contributed by atoms with van der Waals surface area (Å²) in [6.07, 6.45) is 2.94. The smallest absolute Gasteiger partial charge is 0.166 e. The summed E-state index contributed by atoms with van der Waals surface area (Å²) < 4.78 is 5.48. The third-order valence-corrected chi connectivity index (χ3v) is 4.61. The van der Waals surface area contributed by atoms with Gasteiger partial charge in [-0.05, 0) is 30.2 Å². The van der Waals surface area contributed by atoms with Gasteiger partial charge in [0.05, 0.1) is 24.1 Å². The number of anilines is 1. The number of para-hydroxylation sites is 3. The molecule has 0 radical (unpaired) electrons. The van der Waals surface area contributed by atoms with Gasteiger partial charge in [-0.2, -0.15) is 0 Å². The summed E-state index contributed by atoms with van der Waals surface area (Å²) in [5.41, 5.74) is 4.50. The van der Waals surface area contributed by atoms with Crippen LogP contribution in [0.4, 0.5) is 11.4 Å². The molecule has 1 heterocycles. The molecule has 1 aliphatic carbocycles. The fourth-order valence-electron chi connectivity index (χ4n) is 3.41. The van der Waals surface area contributed by atoms with Gasteiger partial charge in [0.1, 0.15) is 5.75 Å². The fourth-order valence-corrected chi connectivity index (χ4v) is 3.41. The molecule has 1 aliphatic heterocycles. The first-order valence-corrected chi connectivity index (χ1v) is 8.05. The van der Waals surface area contributed by atoms with E-state index in [0.29, 0.717) is 12.0 Å². The van der Waals surface area contributed by atoms with E-state index in [0.717, 1.165) is 34.8 Å². The summed E-state index contributed by atoms with van der Waals surface area (Å²) in [4.78, 5) is 17.1. The lowest BCUT2D eigenvalue weighted by atomic mass is 9.81. The zero-order chi connectivity index (χ0) is 16.5. The van der Waals surface area contributed by atoms with Crippen molar-refractivity contribution in [2.45, 2.75) is 18.8 Å². The van der Waals surface area contributed by atoms with Crippen molar-refractivity contribution in [3.05, 3.63) is 65.4 Å². The lowest BCUT2D eigenvalue weighted by molar-refractivity contribution is -0.115. The minimum absolute atomic E-state index is 0.110. The third kappa shape index (κ3) is 2.50. The lowest BCUT2D eigenvalue weighted by Crippen LogP contribution is -2.22. The highest BCUT2D eigenvalue weighted by molar-refractivity contribution is 6.16. The van der Waals surface area contributed by atoms with Crippen LogP contribution in [0.25, 0.3) is 0 Å². The second kappa shape index (κ2) is 5.96. The number of rotatable bonds is 2. The molecule has 0 saturated heterocycles. The topological polar surface area (TPSA) is 50.7 Å². The molecule has 24 heavy (non-hydrogen) atoms. The Morgan fingerprint density at radius 2 is 1.88 bits per heavy atom. The van der Waals surface area contributed by atoms with Gasteiger partial charge in [0.15, 0.2) is 5.78 Å². The van der Waals surface area contributed by atoms with Crippen LogP contribution in [0.2, 0.25) is 0 Å².